The topological polar surface area (TPSA) is 71.1 Å². The molecule has 0 saturated carbocycles. The molecule has 3 aliphatic rings. The Kier molecular flexibility index (Phi) is 8.15. The zero-order valence-electron chi connectivity index (χ0n) is 25.5. The SMILES string of the molecule is CCCCC1(CCCC)c2cc(C#Cc3sc(C=O)c4c3OCCO4)ccc2-c2ccc(-c3sc(C=O)c4c3OCCO4)cc21. The highest BCUT2D eigenvalue weighted by Gasteiger charge is 2.42. The molecule has 0 N–H and O–H groups in total. The normalized spacial score (nSPS) is 15.1. The van der Waals surface area contributed by atoms with Crippen LogP contribution in [0.5, 0.6) is 23.0 Å². The number of aldehydes is 2. The van der Waals surface area contributed by atoms with Crippen LogP contribution in [0.3, 0.4) is 0 Å². The van der Waals surface area contributed by atoms with E-state index in [-0.39, 0.29) is 5.41 Å². The van der Waals surface area contributed by atoms with Gasteiger partial charge in [-0.25, -0.2) is 0 Å². The summed E-state index contributed by atoms with van der Waals surface area (Å²) in [5, 5.41) is 0. The van der Waals surface area contributed by atoms with Gasteiger partial charge in [0.1, 0.15) is 41.1 Å². The van der Waals surface area contributed by atoms with E-state index in [9.17, 15) is 9.59 Å². The Morgan fingerprint density at radius 1 is 0.711 bits per heavy atom. The van der Waals surface area contributed by atoms with Crippen molar-refractivity contribution in [2.24, 2.45) is 0 Å². The van der Waals surface area contributed by atoms with Crippen LogP contribution in [0.1, 0.15) is 93.3 Å². The Hall–Kier alpha value is -4.06. The summed E-state index contributed by atoms with van der Waals surface area (Å²) < 4.78 is 23.5. The number of hydrogen-bond acceptors (Lipinski definition) is 8. The maximum absolute atomic E-state index is 11.9. The quantitative estimate of drug-likeness (QED) is 0.135. The third-order valence-corrected chi connectivity index (χ3v) is 11.0. The van der Waals surface area contributed by atoms with Crippen molar-refractivity contribution in [1.29, 1.82) is 0 Å². The van der Waals surface area contributed by atoms with E-state index in [1.165, 1.54) is 44.9 Å². The second-order valence-corrected chi connectivity index (χ2v) is 13.7. The summed E-state index contributed by atoms with van der Waals surface area (Å²) in [4.78, 5) is 26.3. The molecule has 0 spiro atoms. The molecule has 1 aliphatic carbocycles. The lowest BCUT2D eigenvalue weighted by Gasteiger charge is -2.33. The number of unbranched alkanes of at least 4 members (excludes halogenated alkanes) is 2. The van der Waals surface area contributed by atoms with E-state index in [2.05, 4.69) is 62.1 Å². The Bertz CT molecular complexity index is 1840. The van der Waals surface area contributed by atoms with Crippen molar-refractivity contribution in [1.82, 2.24) is 0 Å². The van der Waals surface area contributed by atoms with Crippen LogP contribution >= 0.6 is 22.7 Å². The molecule has 0 atom stereocenters. The summed E-state index contributed by atoms with van der Waals surface area (Å²) in [5.41, 5.74) is 6.99. The van der Waals surface area contributed by atoms with Crippen LogP contribution in [0.2, 0.25) is 0 Å². The molecule has 0 amide bonds. The minimum Gasteiger partial charge on any atom is -0.485 e. The van der Waals surface area contributed by atoms with E-state index in [1.807, 2.05) is 0 Å². The highest BCUT2D eigenvalue weighted by molar-refractivity contribution is 7.18. The molecule has 0 bridgehead atoms. The van der Waals surface area contributed by atoms with Crippen molar-refractivity contribution in [3.8, 4) is 56.4 Å². The van der Waals surface area contributed by atoms with Crippen LogP contribution in [0.25, 0.3) is 21.6 Å². The van der Waals surface area contributed by atoms with Gasteiger partial charge in [-0.2, -0.15) is 0 Å². The van der Waals surface area contributed by atoms with Crippen LogP contribution in [0, 0.1) is 11.8 Å². The van der Waals surface area contributed by atoms with Crippen LogP contribution in [0.4, 0.5) is 0 Å². The van der Waals surface area contributed by atoms with E-state index in [0.717, 1.165) is 67.1 Å². The second kappa shape index (κ2) is 12.4. The van der Waals surface area contributed by atoms with Gasteiger partial charge in [-0.15, -0.1) is 22.7 Å². The molecule has 4 heterocycles. The average Bonchev–Trinajstić information content (AvgIpc) is 3.73. The van der Waals surface area contributed by atoms with Crippen LogP contribution in [-0.4, -0.2) is 39.0 Å². The number of thiophene rings is 2. The molecule has 0 saturated heterocycles. The Labute approximate surface area is 271 Å². The Morgan fingerprint density at radius 2 is 1.29 bits per heavy atom. The first-order valence-corrected chi connectivity index (χ1v) is 17.3. The molecule has 2 aliphatic heterocycles. The lowest BCUT2D eigenvalue weighted by molar-refractivity contribution is 0.110. The molecule has 230 valence electrons. The summed E-state index contributed by atoms with van der Waals surface area (Å²) in [6.07, 6.45) is 8.18. The fourth-order valence-corrected chi connectivity index (χ4v) is 8.70. The van der Waals surface area contributed by atoms with Gasteiger partial charge < -0.3 is 18.9 Å². The van der Waals surface area contributed by atoms with Crippen LogP contribution < -0.4 is 18.9 Å². The number of fused-ring (bicyclic) bond motifs is 5. The standard InChI is InChI=1S/C37H34O6S2/c1-3-5-13-37(14-6-4-2)27-19-23(8-12-29-32-33(30(21-38)44-29)41-16-15-40-32)7-10-25(27)26-11-9-24(20-28(26)37)36-35-34(31(22-39)45-36)42-17-18-43-35/h7,9-11,19-22H,3-6,13-18H2,1-2H3. The Balaban J connectivity index is 1.34. The molecular formula is C37H34O6S2. The summed E-state index contributed by atoms with van der Waals surface area (Å²) in [6.45, 7) is 6.28. The summed E-state index contributed by atoms with van der Waals surface area (Å²) >= 11 is 2.75. The van der Waals surface area contributed by atoms with Gasteiger partial charge in [0.25, 0.3) is 0 Å². The third-order valence-electron chi connectivity index (χ3n) is 8.92. The smallest absolute Gasteiger partial charge is 0.188 e. The third kappa shape index (κ3) is 5.03. The first kappa shape index (κ1) is 29.6. The molecule has 6 nitrogen and oxygen atoms in total. The predicted octanol–water partition coefficient (Wildman–Crippen LogP) is 8.69. The first-order chi connectivity index (χ1) is 22.1. The number of benzene rings is 2. The van der Waals surface area contributed by atoms with Gasteiger partial charge in [0, 0.05) is 11.0 Å². The summed E-state index contributed by atoms with van der Waals surface area (Å²) in [5.74, 6) is 9.00. The second-order valence-electron chi connectivity index (χ2n) is 11.6. The van der Waals surface area contributed by atoms with Gasteiger partial charge in [-0.3, -0.25) is 9.59 Å². The monoisotopic (exact) mass is 638 g/mol. The molecule has 0 unspecified atom stereocenters. The molecule has 7 rings (SSSR count). The predicted molar refractivity (Wildman–Crippen MR) is 178 cm³/mol. The zero-order valence-corrected chi connectivity index (χ0v) is 27.1. The number of ether oxygens (including phenoxy) is 4. The molecule has 0 fully saturated rings. The average molecular weight is 639 g/mol. The number of carbonyl (C=O) groups excluding carboxylic acids is 2. The van der Waals surface area contributed by atoms with Crippen molar-refractivity contribution >= 4 is 35.2 Å². The fourth-order valence-electron chi connectivity index (χ4n) is 6.84. The van der Waals surface area contributed by atoms with Crippen molar-refractivity contribution in [2.45, 2.75) is 57.8 Å². The van der Waals surface area contributed by atoms with E-state index >= 15 is 0 Å². The highest BCUT2D eigenvalue weighted by Crippen LogP contribution is 2.56. The molecule has 8 heteroatoms. The van der Waals surface area contributed by atoms with Gasteiger partial charge in [-0.1, -0.05) is 63.7 Å². The fraction of sp³-hybridized carbons (Fsp3) is 0.351. The van der Waals surface area contributed by atoms with Gasteiger partial charge in [0.15, 0.2) is 35.6 Å². The van der Waals surface area contributed by atoms with E-state index < -0.39 is 0 Å². The zero-order chi connectivity index (χ0) is 31.0. The van der Waals surface area contributed by atoms with Crippen LogP contribution in [-0.2, 0) is 5.41 Å². The minimum absolute atomic E-state index is 0.156. The largest absolute Gasteiger partial charge is 0.485 e. The van der Waals surface area contributed by atoms with Crippen molar-refractivity contribution in [3.05, 3.63) is 67.7 Å². The maximum atomic E-state index is 11.9. The van der Waals surface area contributed by atoms with Crippen molar-refractivity contribution in [2.75, 3.05) is 26.4 Å². The summed E-state index contributed by atoms with van der Waals surface area (Å²) in [7, 11) is 0. The minimum atomic E-state index is -0.156. The summed E-state index contributed by atoms with van der Waals surface area (Å²) in [6, 6.07) is 13.3. The highest BCUT2D eigenvalue weighted by atomic mass is 32.1. The number of carbonyl (C=O) groups is 2. The Morgan fingerprint density at radius 3 is 1.96 bits per heavy atom. The van der Waals surface area contributed by atoms with Gasteiger partial charge >= 0.3 is 0 Å². The van der Waals surface area contributed by atoms with Gasteiger partial charge in [0.2, 0.25) is 0 Å². The molecule has 0 radical (unpaired) electrons. The number of rotatable bonds is 9. The van der Waals surface area contributed by atoms with Gasteiger partial charge in [0.05, 0.1) is 4.88 Å². The maximum Gasteiger partial charge on any atom is 0.188 e. The first-order valence-electron chi connectivity index (χ1n) is 15.7. The molecule has 4 aromatic rings. The molecule has 2 aromatic carbocycles. The molecule has 45 heavy (non-hydrogen) atoms. The van der Waals surface area contributed by atoms with Crippen molar-refractivity contribution < 1.29 is 28.5 Å². The van der Waals surface area contributed by atoms with E-state index in [4.69, 9.17) is 18.9 Å². The molecular weight excluding hydrogens is 605 g/mol. The lowest BCUT2D eigenvalue weighted by atomic mass is 9.70. The van der Waals surface area contributed by atoms with E-state index in [0.29, 0.717) is 64.1 Å². The van der Waals surface area contributed by atoms with E-state index in [1.54, 1.807) is 0 Å². The lowest BCUT2D eigenvalue weighted by Crippen LogP contribution is -2.25. The van der Waals surface area contributed by atoms with Crippen molar-refractivity contribution in [3.63, 3.8) is 0 Å². The van der Waals surface area contributed by atoms with Gasteiger partial charge in [-0.05, 0) is 64.8 Å². The van der Waals surface area contributed by atoms with Crippen LogP contribution in [0.15, 0.2) is 36.4 Å². The number of hydrogen-bond donors (Lipinski definition) is 0. The molecule has 2 aromatic heterocycles.